The zero-order valence-electron chi connectivity index (χ0n) is 17.4. The number of benzene rings is 2. The van der Waals surface area contributed by atoms with Crippen LogP contribution in [-0.2, 0) is 0 Å². The number of piperazine rings is 1. The lowest BCUT2D eigenvalue weighted by atomic mass is 9.85. The Bertz CT molecular complexity index is 691. The first-order valence-electron chi connectivity index (χ1n) is 10.5. The Kier molecular flexibility index (Phi) is 7.10. The molecule has 0 aliphatic carbocycles. The van der Waals surface area contributed by atoms with Gasteiger partial charge < -0.3 is 9.80 Å². The maximum atomic E-state index is 12.9. The summed E-state index contributed by atoms with van der Waals surface area (Å²) >= 11 is 0. The lowest BCUT2D eigenvalue weighted by Gasteiger charge is -2.42. The number of nitrogens with zero attached hydrogens (tertiary/aromatic N) is 3. The topological polar surface area (TPSA) is 26.8 Å². The summed E-state index contributed by atoms with van der Waals surface area (Å²) in [6.07, 6.45) is 1.01. The Hall–Kier alpha value is -2.33. The van der Waals surface area contributed by atoms with Crippen molar-refractivity contribution in [3.63, 3.8) is 0 Å². The highest BCUT2D eigenvalue weighted by atomic mass is 16.2. The molecule has 4 nitrogen and oxygen atoms in total. The Morgan fingerprint density at radius 2 is 1.50 bits per heavy atom. The second kappa shape index (κ2) is 9.74. The molecule has 150 valence electrons. The van der Waals surface area contributed by atoms with Crippen LogP contribution in [0.4, 0.5) is 4.79 Å². The average Bonchev–Trinajstić information content (AvgIpc) is 2.75. The van der Waals surface area contributed by atoms with Crippen LogP contribution in [0.2, 0.25) is 0 Å². The maximum absolute atomic E-state index is 12.9. The number of amides is 2. The molecule has 0 radical (unpaired) electrons. The first-order valence-corrected chi connectivity index (χ1v) is 10.5. The second-order valence-electron chi connectivity index (χ2n) is 7.64. The van der Waals surface area contributed by atoms with E-state index in [9.17, 15) is 4.79 Å². The van der Waals surface area contributed by atoms with Gasteiger partial charge in [0.1, 0.15) is 0 Å². The summed E-state index contributed by atoms with van der Waals surface area (Å²) in [6, 6.07) is 22.0. The molecule has 2 amide bonds. The highest BCUT2D eigenvalue weighted by Crippen LogP contribution is 2.31. The third-order valence-electron chi connectivity index (χ3n) is 5.99. The van der Waals surface area contributed by atoms with Gasteiger partial charge in [0.25, 0.3) is 0 Å². The number of hydrogen-bond acceptors (Lipinski definition) is 2. The SMILES string of the molecule is CCN(CC)C(=O)N1CCN(C)[C@H](CC(c2ccccc2)c2ccccc2)C1. The van der Waals surface area contributed by atoms with Crippen molar-refractivity contribution in [1.29, 1.82) is 0 Å². The molecular formula is C24H33N3O. The van der Waals surface area contributed by atoms with Crippen molar-refractivity contribution < 1.29 is 4.79 Å². The van der Waals surface area contributed by atoms with E-state index < -0.39 is 0 Å². The summed E-state index contributed by atoms with van der Waals surface area (Å²) in [4.78, 5) is 19.3. The van der Waals surface area contributed by atoms with Crippen molar-refractivity contribution in [2.45, 2.75) is 32.2 Å². The largest absolute Gasteiger partial charge is 0.325 e. The van der Waals surface area contributed by atoms with Crippen LogP contribution in [0, 0.1) is 0 Å². The van der Waals surface area contributed by atoms with Crippen molar-refractivity contribution in [2.75, 3.05) is 39.8 Å². The molecule has 3 rings (SSSR count). The Labute approximate surface area is 169 Å². The molecule has 1 saturated heterocycles. The van der Waals surface area contributed by atoms with E-state index in [-0.39, 0.29) is 6.03 Å². The molecule has 0 saturated carbocycles. The zero-order valence-corrected chi connectivity index (χ0v) is 17.4. The molecular weight excluding hydrogens is 346 g/mol. The maximum Gasteiger partial charge on any atom is 0.320 e. The first kappa shape index (κ1) is 20.4. The fourth-order valence-corrected chi connectivity index (χ4v) is 4.18. The highest BCUT2D eigenvalue weighted by molar-refractivity contribution is 5.74. The van der Waals surface area contributed by atoms with Crippen LogP contribution in [0.1, 0.15) is 37.3 Å². The third kappa shape index (κ3) is 4.74. The molecule has 28 heavy (non-hydrogen) atoms. The van der Waals surface area contributed by atoms with E-state index in [4.69, 9.17) is 0 Å². The predicted molar refractivity (Wildman–Crippen MR) is 116 cm³/mol. The van der Waals surface area contributed by atoms with Gasteiger partial charge in [0.05, 0.1) is 0 Å². The normalized spacial score (nSPS) is 17.7. The summed E-state index contributed by atoms with van der Waals surface area (Å²) in [5.41, 5.74) is 2.68. The molecule has 0 N–H and O–H groups in total. The predicted octanol–water partition coefficient (Wildman–Crippen LogP) is 4.29. The smallest absolute Gasteiger partial charge is 0.320 e. The second-order valence-corrected chi connectivity index (χ2v) is 7.64. The van der Waals surface area contributed by atoms with E-state index in [1.165, 1.54) is 11.1 Å². The van der Waals surface area contributed by atoms with Crippen LogP contribution in [-0.4, -0.2) is 66.5 Å². The van der Waals surface area contributed by atoms with Gasteiger partial charge in [-0.15, -0.1) is 0 Å². The summed E-state index contributed by atoms with van der Waals surface area (Å²) in [7, 11) is 2.19. The summed E-state index contributed by atoms with van der Waals surface area (Å²) < 4.78 is 0. The van der Waals surface area contributed by atoms with Crippen LogP contribution in [0.25, 0.3) is 0 Å². The van der Waals surface area contributed by atoms with Gasteiger partial charge in [-0.2, -0.15) is 0 Å². The van der Waals surface area contributed by atoms with Gasteiger partial charge in [-0.25, -0.2) is 4.79 Å². The number of urea groups is 1. The lowest BCUT2D eigenvalue weighted by Crippen LogP contribution is -2.56. The van der Waals surface area contributed by atoms with Gasteiger partial charge in [-0.1, -0.05) is 60.7 Å². The van der Waals surface area contributed by atoms with E-state index in [2.05, 4.69) is 86.5 Å². The number of hydrogen-bond donors (Lipinski definition) is 0. The fraction of sp³-hybridized carbons (Fsp3) is 0.458. The van der Waals surface area contributed by atoms with Crippen LogP contribution >= 0.6 is 0 Å². The number of carbonyl (C=O) groups is 1. The minimum atomic E-state index is 0.180. The Morgan fingerprint density at radius 1 is 0.964 bits per heavy atom. The standard InChI is InChI=1S/C24H33N3O/c1-4-26(5-2)24(28)27-17-16-25(3)22(19-27)18-23(20-12-8-6-9-13-20)21-14-10-7-11-15-21/h6-15,22-23H,4-5,16-19H2,1-3H3/t22-/m1/s1. The van der Waals surface area contributed by atoms with Gasteiger partial charge in [0.15, 0.2) is 0 Å². The molecule has 1 fully saturated rings. The molecule has 4 heteroatoms. The van der Waals surface area contributed by atoms with Gasteiger partial charge in [0.2, 0.25) is 0 Å². The molecule has 1 aliphatic rings. The van der Waals surface area contributed by atoms with E-state index in [0.717, 1.165) is 39.1 Å². The van der Waals surface area contributed by atoms with Crippen LogP contribution < -0.4 is 0 Å². The zero-order chi connectivity index (χ0) is 19.9. The van der Waals surface area contributed by atoms with E-state index >= 15 is 0 Å². The van der Waals surface area contributed by atoms with Crippen molar-refractivity contribution in [1.82, 2.24) is 14.7 Å². The number of rotatable bonds is 6. The fourth-order valence-electron chi connectivity index (χ4n) is 4.18. The monoisotopic (exact) mass is 379 g/mol. The van der Waals surface area contributed by atoms with Crippen molar-refractivity contribution >= 4 is 6.03 Å². The Balaban J connectivity index is 1.80. The van der Waals surface area contributed by atoms with Gasteiger partial charge in [-0.3, -0.25) is 4.90 Å². The quantitative estimate of drug-likeness (QED) is 0.749. The summed E-state index contributed by atoms with van der Waals surface area (Å²) in [5, 5.41) is 0. The highest BCUT2D eigenvalue weighted by Gasteiger charge is 2.31. The number of carbonyl (C=O) groups excluding carboxylic acids is 1. The summed E-state index contributed by atoms with van der Waals surface area (Å²) in [6.45, 7) is 8.16. The molecule has 2 aromatic carbocycles. The third-order valence-corrected chi connectivity index (χ3v) is 5.99. The van der Waals surface area contributed by atoms with Crippen LogP contribution in [0.5, 0.6) is 0 Å². The minimum absolute atomic E-state index is 0.180. The van der Waals surface area contributed by atoms with Crippen molar-refractivity contribution in [2.24, 2.45) is 0 Å². The van der Waals surface area contributed by atoms with Gasteiger partial charge in [-0.05, 0) is 38.4 Å². The molecule has 0 bridgehead atoms. The molecule has 1 aliphatic heterocycles. The molecule has 0 spiro atoms. The molecule has 1 atom stereocenters. The molecule has 2 aromatic rings. The number of likely N-dealkylation sites (N-methyl/N-ethyl adjacent to an activating group) is 1. The van der Waals surface area contributed by atoms with Gasteiger partial charge in [0, 0.05) is 44.7 Å². The molecule has 1 heterocycles. The van der Waals surface area contributed by atoms with Crippen LogP contribution in [0.3, 0.4) is 0 Å². The lowest BCUT2D eigenvalue weighted by molar-refractivity contribution is 0.0861. The van der Waals surface area contributed by atoms with Crippen molar-refractivity contribution in [3.8, 4) is 0 Å². The minimum Gasteiger partial charge on any atom is -0.325 e. The molecule has 0 aromatic heterocycles. The van der Waals surface area contributed by atoms with Gasteiger partial charge >= 0.3 is 6.03 Å². The van der Waals surface area contributed by atoms with E-state index in [1.807, 2.05) is 9.80 Å². The molecule has 0 unspecified atom stereocenters. The van der Waals surface area contributed by atoms with Crippen molar-refractivity contribution in [3.05, 3.63) is 71.8 Å². The summed E-state index contributed by atoms with van der Waals surface area (Å²) in [5.74, 6) is 0.332. The average molecular weight is 380 g/mol. The first-order chi connectivity index (χ1) is 13.6. The van der Waals surface area contributed by atoms with Crippen LogP contribution in [0.15, 0.2) is 60.7 Å². The van der Waals surface area contributed by atoms with E-state index in [1.54, 1.807) is 0 Å². The van der Waals surface area contributed by atoms with E-state index in [0.29, 0.717) is 12.0 Å². The Morgan fingerprint density at radius 3 is 2.00 bits per heavy atom.